The van der Waals surface area contributed by atoms with E-state index in [1.807, 2.05) is 6.92 Å². The third-order valence-corrected chi connectivity index (χ3v) is 4.77. The average molecular weight is 299 g/mol. The molecule has 0 unspecified atom stereocenters. The van der Waals surface area contributed by atoms with E-state index in [-0.39, 0.29) is 9.49 Å². The van der Waals surface area contributed by atoms with E-state index in [0.29, 0.717) is 0 Å². The molecule has 0 saturated carbocycles. The third kappa shape index (κ3) is 4.84. The number of benzene rings is 1. The summed E-state index contributed by atoms with van der Waals surface area (Å²) in [6, 6.07) is 2.14. The maximum atomic E-state index is 6.21. The number of hydrogen-bond acceptors (Lipinski definition) is 4. The van der Waals surface area contributed by atoms with Crippen LogP contribution in [0.15, 0.2) is 15.9 Å². The summed E-state index contributed by atoms with van der Waals surface area (Å²) < 4.78 is 0.278. The van der Waals surface area contributed by atoms with Gasteiger partial charge in [-0.2, -0.15) is 0 Å². The molecule has 1 aromatic carbocycles. The van der Waals surface area contributed by atoms with Gasteiger partial charge in [0.25, 0.3) is 0 Å². The van der Waals surface area contributed by atoms with Crippen LogP contribution in [-0.2, 0) is 0 Å². The molecule has 0 fully saturated rings. The van der Waals surface area contributed by atoms with Crippen LogP contribution in [0.2, 0.25) is 0 Å². The fourth-order valence-corrected chi connectivity index (χ4v) is 3.89. The lowest BCUT2D eigenvalue weighted by Gasteiger charge is -2.24. The van der Waals surface area contributed by atoms with Crippen molar-refractivity contribution in [3.05, 3.63) is 11.6 Å². The summed E-state index contributed by atoms with van der Waals surface area (Å²) in [5.74, 6) is 0. The molecule has 0 aromatic heterocycles. The lowest BCUT2D eigenvalue weighted by Crippen LogP contribution is -2.11. The van der Waals surface area contributed by atoms with Gasteiger partial charge in [0.15, 0.2) is 0 Å². The number of hydrogen-bond donors (Lipinski definition) is 2. The van der Waals surface area contributed by atoms with Gasteiger partial charge in [-0.1, -0.05) is 41.5 Å². The molecule has 19 heavy (non-hydrogen) atoms. The first-order valence-corrected chi connectivity index (χ1v) is 8.10. The van der Waals surface area contributed by atoms with Crippen LogP contribution in [0.5, 0.6) is 0 Å². The molecular weight excluding hydrogens is 272 g/mol. The molecule has 0 spiro atoms. The number of thioether (sulfide) groups is 2. The second kappa shape index (κ2) is 5.49. The topological polar surface area (TPSA) is 52.0 Å². The fourth-order valence-electron chi connectivity index (χ4n) is 1.62. The Balaban J connectivity index is 3.27. The van der Waals surface area contributed by atoms with Crippen LogP contribution in [0.25, 0.3) is 0 Å². The summed E-state index contributed by atoms with van der Waals surface area (Å²) in [6.07, 6.45) is 0. The molecule has 0 aliphatic carbocycles. The zero-order chi connectivity index (χ0) is 15.0. The van der Waals surface area contributed by atoms with Gasteiger partial charge in [-0.05, 0) is 18.6 Å². The zero-order valence-corrected chi connectivity index (χ0v) is 14.7. The molecular formula is C15H26N2S2. The smallest absolute Gasteiger partial charge is 0.0503 e. The summed E-state index contributed by atoms with van der Waals surface area (Å²) in [7, 11) is 0. The van der Waals surface area contributed by atoms with Crippen molar-refractivity contribution >= 4 is 34.9 Å². The standard InChI is InChI=1S/C15H26N2S2/c1-9-12(16)10(18-14(2,3)4)8-11(13(9)17)19-15(5,6)7/h8H,16-17H2,1-7H3. The van der Waals surface area contributed by atoms with Crippen LogP contribution >= 0.6 is 23.5 Å². The van der Waals surface area contributed by atoms with Gasteiger partial charge in [-0.15, -0.1) is 23.5 Å². The minimum atomic E-state index is 0.139. The van der Waals surface area contributed by atoms with E-state index in [2.05, 4.69) is 47.6 Å². The minimum Gasteiger partial charge on any atom is -0.398 e. The van der Waals surface area contributed by atoms with Crippen LogP contribution in [0.3, 0.4) is 0 Å². The Morgan fingerprint density at radius 1 is 0.789 bits per heavy atom. The molecule has 4 N–H and O–H groups in total. The molecule has 108 valence electrons. The van der Waals surface area contributed by atoms with Gasteiger partial charge in [0.05, 0.1) is 11.4 Å². The third-order valence-electron chi connectivity index (χ3n) is 2.43. The van der Waals surface area contributed by atoms with Crippen molar-refractivity contribution in [1.29, 1.82) is 0 Å². The summed E-state index contributed by atoms with van der Waals surface area (Å²) in [5, 5.41) is 0. The highest BCUT2D eigenvalue weighted by atomic mass is 32.2. The van der Waals surface area contributed by atoms with Gasteiger partial charge in [0, 0.05) is 19.3 Å². The molecule has 0 saturated heterocycles. The van der Waals surface area contributed by atoms with Crippen molar-refractivity contribution in [2.24, 2.45) is 0 Å². The number of rotatable bonds is 2. The Labute approximate surface area is 126 Å². The Hall–Kier alpha value is -0.480. The van der Waals surface area contributed by atoms with Gasteiger partial charge >= 0.3 is 0 Å². The van der Waals surface area contributed by atoms with Crippen LogP contribution in [0.1, 0.15) is 47.1 Å². The van der Waals surface area contributed by atoms with E-state index < -0.39 is 0 Å². The number of nitrogen functional groups attached to an aromatic ring is 2. The first-order valence-electron chi connectivity index (χ1n) is 6.47. The van der Waals surface area contributed by atoms with Crippen LogP contribution < -0.4 is 11.5 Å². The van der Waals surface area contributed by atoms with Crippen molar-refractivity contribution in [3.63, 3.8) is 0 Å². The van der Waals surface area contributed by atoms with Crippen molar-refractivity contribution in [3.8, 4) is 0 Å². The molecule has 0 aliphatic heterocycles. The van der Waals surface area contributed by atoms with E-state index in [9.17, 15) is 0 Å². The quantitative estimate of drug-likeness (QED) is 0.600. The predicted octanol–water partition coefficient (Wildman–Crippen LogP) is 4.94. The first-order chi connectivity index (χ1) is 8.41. The SMILES string of the molecule is Cc1c(N)c(SC(C)(C)C)cc(SC(C)(C)C)c1N. The largest absolute Gasteiger partial charge is 0.398 e. The van der Waals surface area contributed by atoms with Crippen molar-refractivity contribution in [2.45, 2.75) is 67.8 Å². The van der Waals surface area contributed by atoms with E-state index >= 15 is 0 Å². The number of anilines is 2. The van der Waals surface area contributed by atoms with Crippen LogP contribution in [-0.4, -0.2) is 9.49 Å². The molecule has 0 atom stereocenters. The molecule has 2 nitrogen and oxygen atoms in total. The summed E-state index contributed by atoms with van der Waals surface area (Å²) in [6.45, 7) is 15.2. The Kier molecular flexibility index (Phi) is 4.79. The second-order valence-electron chi connectivity index (χ2n) is 6.75. The lowest BCUT2D eigenvalue weighted by atomic mass is 10.1. The van der Waals surface area contributed by atoms with E-state index in [0.717, 1.165) is 26.7 Å². The van der Waals surface area contributed by atoms with Crippen LogP contribution in [0.4, 0.5) is 11.4 Å². The number of nitrogens with two attached hydrogens (primary N) is 2. The molecule has 1 rings (SSSR count). The maximum absolute atomic E-state index is 6.21. The highest BCUT2D eigenvalue weighted by Crippen LogP contribution is 2.44. The van der Waals surface area contributed by atoms with E-state index in [1.165, 1.54) is 0 Å². The molecule has 0 bridgehead atoms. The molecule has 1 aromatic rings. The van der Waals surface area contributed by atoms with Gasteiger partial charge < -0.3 is 11.5 Å². The Morgan fingerprint density at radius 2 is 1.11 bits per heavy atom. The normalized spacial score (nSPS) is 12.8. The summed E-state index contributed by atoms with van der Waals surface area (Å²) in [5.41, 5.74) is 15.1. The zero-order valence-electron chi connectivity index (χ0n) is 13.0. The Bertz CT molecular complexity index is 428. The highest BCUT2D eigenvalue weighted by Gasteiger charge is 2.21. The van der Waals surface area contributed by atoms with Gasteiger partial charge in [0.1, 0.15) is 0 Å². The second-order valence-corrected chi connectivity index (χ2v) is 10.5. The van der Waals surface area contributed by atoms with Crippen molar-refractivity contribution < 1.29 is 0 Å². The average Bonchev–Trinajstić information content (AvgIpc) is 2.18. The first kappa shape index (κ1) is 16.6. The van der Waals surface area contributed by atoms with Crippen LogP contribution in [0, 0.1) is 6.92 Å². The van der Waals surface area contributed by atoms with E-state index in [4.69, 9.17) is 11.5 Å². The predicted molar refractivity (Wildman–Crippen MR) is 91.2 cm³/mol. The van der Waals surface area contributed by atoms with Gasteiger partial charge in [-0.25, -0.2) is 0 Å². The molecule has 0 radical (unpaired) electrons. The molecule has 4 heteroatoms. The Morgan fingerprint density at radius 3 is 1.37 bits per heavy atom. The molecule has 0 amide bonds. The minimum absolute atomic E-state index is 0.139. The van der Waals surface area contributed by atoms with E-state index in [1.54, 1.807) is 23.5 Å². The van der Waals surface area contributed by atoms with Gasteiger partial charge in [0.2, 0.25) is 0 Å². The van der Waals surface area contributed by atoms with Gasteiger partial charge in [-0.3, -0.25) is 0 Å². The maximum Gasteiger partial charge on any atom is 0.0503 e. The molecule has 0 heterocycles. The monoisotopic (exact) mass is 298 g/mol. The van der Waals surface area contributed by atoms with Crippen molar-refractivity contribution in [1.82, 2.24) is 0 Å². The molecule has 0 aliphatic rings. The summed E-state index contributed by atoms with van der Waals surface area (Å²) in [4.78, 5) is 2.26. The highest BCUT2D eigenvalue weighted by molar-refractivity contribution is 8.01. The van der Waals surface area contributed by atoms with Crippen molar-refractivity contribution in [2.75, 3.05) is 11.5 Å². The lowest BCUT2D eigenvalue weighted by molar-refractivity contribution is 0.801. The fraction of sp³-hybridized carbons (Fsp3) is 0.600. The summed E-state index contributed by atoms with van der Waals surface area (Å²) >= 11 is 3.59.